The molecular weight excluding hydrogens is 228 g/mol. The maximum atomic E-state index is 9.00. The van der Waals surface area contributed by atoms with Crippen LogP contribution >= 0.6 is 0 Å². The Labute approximate surface area is 112 Å². The van der Waals surface area contributed by atoms with Crippen molar-refractivity contribution in [3.05, 3.63) is 0 Å². The fourth-order valence-corrected chi connectivity index (χ4v) is 2.58. The lowest BCUT2D eigenvalue weighted by Gasteiger charge is -2.36. The van der Waals surface area contributed by atoms with Crippen molar-refractivity contribution >= 4 is 0 Å². The fraction of sp³-hybridized carbons (Fsp3) is 1.00. The Morgan fingerprint density at radius 3 is 2.72 bits per heavy atom. The van der Waals surface area contributed by atoms with Crippen LogP contribution in [0.5, 0.6) is 0 Å². The van der Waals surface area contributed by atoms with E-state index in [4.69, 9.17) is 9.84 Å². The highest BCUT2D eigenvalue weighted by molar-refractivity contribution is 4.89. The Kier molecular flexibility index (Phi) is 7.15. The van der Waals surface area contributed by atoms with Gasteiger partial charge in [-0.25, -0.2) is 0 Å². The predicted octanol–water partition coefficient (Wildman–Crippen LogP) is 1.10. The molecule has 1 aliphatic rings. The summed E-state index contributed by atoms with van der Waals surface area (Å²) in [5, 5.41) is 12.5. The van der Waals surface area contributed by atoms with Crippen LogP contribution < -0.4 is 5.32 Å². The van der Waals surface area contributed by atoms with Gasteiger partial charge in [0.2, 0.25) is 0 Å². The maximum Gasteiger partial charge on any atom is 0.0547 e. The lowest BCUT2D eigenvalue weighted by atomic mass is 9.86. The van der Waals surface area contributed by atoms with E-state index in [1.54, 1.807) is 0 Å². The third-order valence-electron chi connectivity index (χ3n) is 3.81. The van der Waals surface area contributed by atoms with Gasteiger partial charge in [0.25, 0.3) is 0 Å². The first-order chi connectivity index (χ1) is 8.63. The quantitative estimate of drug-likeness (QED) is 0.650. The molecule has 1 atom stereocenters. The lowest BCUT2D eigenvalue weighted by molar-refractivity contribution is 0.0885. The van der Waals surface area contributed by atoms with Gasteiger partial charge in [-0.05, 0) is 33.2 Å². The molecule has 0 aliphatic carbocycles. The molecule has 0 spiro atoms. The Bertz CT molecular complexity index is 216. The summed E-state index contributed by atoms with van der Waals surface area (Å²) in [6.07, 6.45) is 2.00. The van der Waals surface area contributed by atoms with E-state index >= 15 is 0 Å². The summed E-state index contributed by atoms with van der Waals surface area (Å²) in [7, 11) is 0. The summed E-state index contributed by atoms with van der Waals surface area (Å²) < 4.78 is 5.63. The molecule has 108 valence electrons. The zero-order valence-electron chi connectivity index (χ0n) is 12.2. The van der Waals surface area contributed by atoms with Crippen LogP contribution in [-0.2, 0) is 4.74 Å². The molecule has 0 aromatic heterocycles. The van der Waals surface area contributed by atoms with Gasteiger partial charge >= 0.3 is 0 Å². The molecule has 4 heteroatoms. The third kappa shape index (κ3) is 4.84. The monoisotopic (exact) mass is 258 g/mol. The highest BCUT2D eigenvalue weighted by Crippen LogP contribution is 2.29. The SMILES string of the molecule is CCNCC1(CN(CCCO)C(C)C)CCOC1. The molecule has 1 saturated heterocycles. The summed E-state index contributed by atoms with van der Waals surface area (Å²) in [5.41, 5.74) is 0.260. The van der Waals surface area contributed by atoms with Gasteiger partial charge in [-0.3, -0.25) is 0 Å². The van der Waals surface area contributed by atoms with Gasteiger partial charge in [-0.1, -0.05) is 6.92 Å². The van der Waals surface area contributed by atoms with Crippen molar-refractivity contribution in [3.8, 4) is 0 Å². The van der Waals surface area contributed by atoms with E-state index < -0.39 is 0 Å². The van der Waals surface area contributed by atoms with Crippen molar-refractivity contribution in [2.75, 3.05) is 46.0 Å². The number of rotatable bonds is 9. The van der Waals surface area contributed by atoms with Crippen LogP contribution in [0.25, 0.3) is 0 Å². The molecule has 0 bridgehead atoms. The summed E-state index contributed by atoms with van der Waals surface area (Å²) in [6.45, 7) is 12.7. The summed E-state index contributed by atoms with van der Waals surface area (Å²) in [6, 6.07) is 0.524. The topological polar surface area (TPSA) is 44.7 Å². The van der Waals surface area contributed by atoms with E-state index in [-0.39, 0.29) is 12.0 Å². The molecule has 1 rings (SSSR count). The normalized spacial score (nSPS) is 24.3. The number of ether oxygens (including phenoxy) is 1. The molecule has 2 N–H and O–H groups in total. The minimum absolute atomic E-state index is 0.260. The Hall–Kier alpha value is -0.160. The highest BCUT2D eigenvalue weighted by Gasteiger charge is 2.36. The van der Waals surface area contributed by atoms with Crippen molar-refractivity contribution in [2.24, 2.45) is 5.41 Å². The number of nitrogens with zero attached hydrogens (tertiary/aromatic N) is 1. The van der Waals surface area contributed by atoms with Gasteiger partial charge in [0.05, 0.1) is 6.61 Å². The average molecular weight is 258 g/mol. The summed E-state index contributed by atoms with van der Waals surface area (Å²) in [5.74, 6) is 0. The van der Waals surface area contributed by atoms with Crippen molar-refractivity contribution in [3.63, 3.8) is 0 Å². The highest BCUT2D eigenvalue weighted by atomic mass is 16.5. The molecular formula is C14H30N2O2. The molecule has 1 fully saturated rings. The number of hydrogen-bond acceptors (Lipinski definition) is 4. The molecule has 1 heterocycles. The van der Waals surface area contributed by atoms with Crippen LogP contribution in [0.4, 0.5) is 0 Å². The third-order valence-corrected chi connectivity index (χ3v) is 3.81. The maximum absolute atomic E-state index is 9.00. The molecule has 1 aliphatic heterocycles. The predicted molar refractivity (Wildman–Crippen MR) is 74.8 cm³/mol. The molecule has 1 unspecified atom stereocenters. The number of nitrogens with one attached hydrogen (secondary N) is 1. The Morgan fingerprint density at radius 1 is 1.44 bits per heavy atom. The zero-order valence-corrected chi connectivity index (χ0v) is 12.2. The van der Waals surface area contributed by atoms with Crippen molar-refractivity contribution in [2.45, 2.75) is 39.7 Å². The largest absolute Gasteiger partial charge is 0.396 e. The van der Waals surface area contributed by atoms with Gasteiger partial charge in [0.1, 0.15) is 0 Å². The smallest absolute Gasteiger partial charge is 0.0547 e. The lowest BCUT2D eigenvalue weighted by Crippen LogP contribution is -2.47. The van der Waals surface area contributed by atoms with E-state index in [1.807, 2.05) is 0 Å². The molecule has 0 aromatic carbocycles. The Balaban J connectivity index is 2.55. The van der Waals surface area contributed by atoms with Crippen molar-refractivity contribution in [1.29, 1.82) is 0 Å². The van der Waals surface area contributed by atoms with Gasteiger partial charge < -0.3 is 20.1 Å². The molecule has 0 aromatic rings. The van der Waals surface area contributed by atoms with Gasteiger partial charge in [0, 0.05) is 44.3 Å². The van der Waals surface area contributed by atoms with E-state index in [2.05, 4.69) is 31.0 Å². The number of aliphatic hydroxyl groups excluding tert-OH is 1. The average Bonchev–Trinajstić information content (AvgIpc) is 2.81. The molecule has 0 saturated carbocycles. The summed E-state index contributed by atoms with van der Waals surface area (Å²) in [4.78, 5) is 2.47. The van der Waals surface area contributed by atoms with Crippen LogP contribution in [0.15, 0.2) is 0 Å². The van der Waals surface area contributed by atoms with E-state index in [0.717, 1.165) is 52.2 Å². The first kappa shape index (κ1) is 15.9. The van der Waals surface area contributed by atoms with Crippen molar-refractivity contribution in [1.82, 2.24) is 10.2 Å². The standard InChI is InChI=1S/C14H30N2O2/c1-4-15-10-14(6-9-18-12-14)11-16(13(2)3)7-5-8-17/h13,15,17H,4-12H2,1-3H3. The fourth-order valence-electron chi connectivity index (χ4n) is 2.58. The Morgan fingerprint density at radius 2 is 2.22 bits per heavy atom. The van der Waals surface area contributed by atoms with E-state index in [0.29, 0.717) is 6.04 Å². The van der Waals surface area contributed by atoms with Crippen LogP contribution in [0.2, 0.25) is 0 Å². The van der Waals surface area contributed by atoms with Crippen LogP contribution in [0.1, 0.15) is 33.6 Å². The number of hydrogen-bond donors (Lipinski definition) is 2. The zero-order chi connectivity index (χ0) is 13.4. The van der Waals surface area contributed by atoms with Gasteiger partial charge in [0.15, 0.2) is 0 Å². The second-order valence-corrected chi connectivity index (χ2v) is 5.72. The molecule has 18 heavy (non-hydrogen) atoms. The first-order valence-electron chi connectivity index (χ1n) is 7.27. The van der Waals surface area contributed by atoms with E-state index in [9.17, 15) is 0 Å². The van der Waals surface area contributed by atoms with Crippen LogP contribution in [-0.4, -0.2) is 62.0 Å². The first-order valence-corrected chi connectivity index (χ1v) is 7.27. The minimum atomic E-state index is 0.260. The number of aliphatic hydroxyl groups is 1. The summed E-state index contributed by atoms with van der Waals surface area (Å²) >= 11 is 0. The second-order valence-electron chi connectivity index (χ2n) is 5.72. The molecule has 0 radical (unpaired) electrons. The van der Waals surface area contributed by atoms with Gasteiger partial charge in [-0.15, -0.1) is 0 Å². The molecule has 4 nitrogen and oxygen atoms in total. The van der Waals surface area contributed by atoms with Crippen molar-refractivity contribution < 1.29 is 9.84 Å². The molecule has 0 amide bonds. The van der Waals surface area contributed by atoms with E-state index in [1.165, 1.54) is 0 Å². The minimum Gasteiger partial charge on any atom is -0.396 e. The van der Waals surface area contributed by atoms with Crippen LogP contribution in [0.3, 0.4) is 0 Å². The van der Waals surface area contributed by atoms with Gasteiger partial charge in [-0.2, -0.15) is 0 Å². The van der Waals surface area contributed by atoms with Crippen LogP contribution in [0, 0.1) is 5.41 Å². The second kappa shape index (κ2) is 8.10.